The van der Waals surface area contributed by atoms with Gasteiger partial charge < -0.3 is 15.5 Å². The van der Waals surface area contributed by atoms with Crippen LogP contribution in [0.3, 0.4) is 0 Å². The van der Waals surface area contributed by atoms with Crippen molar-refractivity contribution in [2.45, 2.75) is 4.90 Å². The molecule has 35 heavy (non-hydrogen) atoms. The average molecular weight is 565 g/mol. The minimum atomic E-state index is -3.76. The lowest BCUT2D eigenvalue weighted by Gasteiger charge is -2.03. The van der Waals surface area contributed by atoms with Crippen molar-refractivity contribution in [3.05, 3.63) is 70.0 Å². The fourth-order valence-corrected chi connectivity index (χ4v) is 6.02. The lowest BCUT2D eigenvalue weighted by molar-refractivity contribution is 0.595. The van der Waals surface area contributed by atoms with Gasteiger partial charge in [0.1, 0.15) is 27.2 Å². The van der Waals surface area contributed by atoms with Crippen LogP contribution in [0.4, 0.5) is 16.6 Å². The van der Waals surface area contributed by atoms with E-state index < -0.39 is 10.0 Å². The molecular formula is C22H15Cl2N5O3S3. The first kappa shape index (κ1) is 23.8. The molecule has 3 aromatic heterocycles. The van der Waals surface area contributed by atoms with Crippen LogP contribution in [0.2, 0.25) is 10.0 Å². The maximum Gasteiger partial charge on any atom is 0.238 e. The molecule has 0 aliphatic carbocycles. The van der Waals surface area contributed by atoms with E-state index in [9.17, 15) is 8.42 Å². The molecule has 0 aliphatic heterocycles. The number of sulfonamides is 1. The second-order valence-corrected chi connectivity index (χ2v) is 11.5. The number of nitrogen functional groups attached to an aromatic ring is 1. The Morgan fingerprint density at radius 2 is 1.71 bits per heavy atom. The van der Waals surface area contributed by atoms with Gasteiger partial charge in [0.2, 0.25) is 10.0 Å². The van der Waals surface area contributed by atoms with Crippen LogP contribution in [-0.2, 0) is 10.0 Å². The number of furan rings is 1. The molecule has 0 saturated carbocycles. The fraction of sp³-hybridized carbons (Fsp3) is 0. The van der Waals surface area contributed by atoms with Crippen molar-refractivity contribution in [3.63, 3.8) is 0 Å². The standard InChI is InChI=1S/C22H15Cl2N5O3S3/c23-11-1-6-14(15(24)9-11)17-7-8-18(32-17)16-10-33-21(28-16)19-20(25)29-22(34-19)27-12-2-4-13(5-3-12)35(26,30)31/h1-10H,25H2,(H,27,29)(H2,26,30,31). The Morgan fingerprint density at radius 1 is 0.971 bits per heavy atom. The van der Waals surface area contributed by atoms with Crippen LogP contribution in [0.1, 0.15) is 0 Å². The summed E-state index contributed by atoms with van der Waals surface area (Å²) in [5, 5.41) is 12.4. The molecule has 0 aliphatic rings. The van der Waals surface area contributed by atoms with Crippen molar-refractivity contribution in [2.24, 2.45) is 5.14 Å². The van der Waals surface area contributed by atoms with E-state index in [0.29, 0.717) is 53.8 Å². The Kier molecular flexibility index (Phi) is 6.30. The number of anilines is 3. The molecule has 2 aromatic carbocycles. The van der Waals surface area contributed by atoms with Crippen molar-refractivity contribution >= 4 is 72.5 Å². The Hall–Kier alpha value is -2.93. The van der Waals surface area contributed by atoms with Gasteiger partial charge in [0.05, 0.1) is 9.92 Å². The minimum absolute atomic E-state index is 0.0251. The monoisotopic (exact) mass is 563 g/mol. The molecular weight excluding hydrogens is 549 g/mol. The molecule has 0 radical (unpaired) electrons. The molecule has 0 spiro atoms. The van der Waals surface area contributed by atoms with Gasteiger partial charge in [-0.1, -0.05) is 34.5 Å². The molecule has 0 unspecified atom stereocenters. The number of nitrogens with zero attached hydrogens (tertiary/aromatic N) is 2. The second-order valence-electron chi connectivity index (χ2n) is 7.25. The van der Waals surface area contributed by atoms with Crippen molar-refractivity contribution in [1.29, 1.82) is 0 Å². The highest BCUT2D eigenvalue weighted by Crippen LogP contribution is 2.40. The van der Waals surface area contributed by atoms with Crippen molar-refractivity contribution in [3.8, 4) is 32.7 Å². The SMILES string of the molecule is Nc1nc(Nc2ccc(S(N)(=O)=O)cc2)sc1-c1nc(-c2ccc(-c3ccc(Cl)cc3Cl)o2)cs1. The maximum atomic E-state index is 11.4. The van der Waals surface area contributed by atoms with Gasteiger partial charge in [-0.25, -0.2) is 23.5 Å². The number of nitrogens with one attached hydrogen (secondary N) is 1. The lowest BCUT2D eigenvalue weighted by Crippen LogP contribution is -2.11. The highest BCUT2D eigenvalue weighted by atomic mass is 35.5. The predicted molar refractivity (Wildman–Crippen MR) is 142 cm³/mol. The number of nitrogens with two attached hydrogens (primary N) is 2. The first-order valence-corrected chi connectivity index (χ1v) is 13.8. The van der Waals surface area contributed by atoms with Crippen LogP contribution in [0.5, 0.6) is 0 Å². The highest BCUT2D eigenvalue weighted by Gasteiger charge is 2.18. The van der Waals surface area contributed by atoms with E-state index in [0.717, 1.165) is 5.56 Å². The lowest BCUT2D eigenvalue weighted by atomic mass is 10.2. The van der Waals surface area contributed by atoms with Gasteiger partial charge in [-0.3, -0.25) is 0 Å². The number of primary sulfonamides is 1. The largest absolute Gasteiger partial charge is 0.454 e. The number of thiazole rings is 2. The van der Waals surface area contributed by atoms with Gasteiger partial charge in [-0.2, -0.15) is 0 Å². The summed E-state index contributed by atoms with van der Waals surface area (Å²) in [4.78, 5) is 9.75. The smallest absolute Gasteiger partial charge is 0.238 e. The Balaban J connectivity index is 1.36. The molecule has 13 heteroatoms. The summed E-state index contributed by atoms with van der Waals surface area (Å²) in [6, 6.07) is 14.9. The first-order valence-electron chi connectivity index (χ1n) is 9.85. The van der Waals surface area contributed by atoms with Crippen LogP contribution in [0, 0.1) is 0 Å². The van der Waals surface area contributed by atoms with Crippen LogP contribution in [0.25, 0.3) is 32.7 Å². The van der Waals surface area contributed by atoms with Gasteiger partial charge in [0.25, 0.3) is 0 Å². The number of benzene rings is 2. The van der Waals surface area contributed by atoms with E-state index in [4.69, 9.17) is 38.5 Å². The summed E-state index contributed by atoms with van der Waals surface area (Å²) in [6.07, 6.45) is 0. The molecule has 5 rings (SSSR count). The van der Waals surface area contributed by atoms with Crippen LogP contribution >= 0.6 is 45.9 Å². The molecule has 3 heterocycles. The minimum Gasteiger partial charge on any atom is -0.454 e. The third-order valence-corrected chi connectivity index (χ3v) is 8.30. The first-order chi connectivity index (χ1) is 16.7. The van der Waals surface area contributed by atoms with E-state index in [1.54, 1.807) is 30.3 Å². The topological polar surface area (TPSA) is 137 Å². The van der Waals surface area contributed by atoms with Crippen molar-refractivity contribution in [2.75, 3.05) is 11.1 Å². The van der Waals surface area contributed by atoms with Crippen LogP contribution < -0.4 is 16.2 Å². The second kappa shape index (κ2) is 9.26. The zero-order valence-electron chi connectivity index (χ0n) is 17.5. The number of hydrogen-bond acceptors (Lipinski definition) is 9. The molecule has 5 N–H and O–H groups in total. The molecule has 8 nitrogen and oxygen atoms in total. The fourth-order valence-electron chi connectivity index (χ4n) is 3.19. The quantitative estimate of drug-likeness (QED) is 0.215. The van der Waals surface area contributed by atoms with E-state index in [1.807, 2.05) is 17.5 Å². The van der Waals surface area contributed by atoms with Crippen molar-refractivity contribution in [1.82, 2.24) is 9.97 Å². The van der Waals surface area contributed by atoms with Gasteiger partial charge >= 0.3 is 0 Å². The summed E-state index contributed by atoms with van der Waals surface area (Å²) in [5.74, 6) is 1.52. The van der Waals surface area contributed by atoms with Gasteiger partial charge in [0, 0.05) is 21.7 Å². The number of aromatic nitrogens is 2. The van der Waals surface area contributed by atoms with Gasteiger partial charge in [0.15, 0.2) is 10.9 Å². The van der Waals surface area contributed by atoms with Gasteiger partial charge in [-0.05, 0) is 54.6 Å². The normalized spacial score (nSPS) is 11.6. The van der Waals surface area contributed by atoms with E-state index >= 15 is 0 Å². The molecule has 0 atom stereocenters. The predicted octanol–water partition coefficient (Wildman–Crippen LogP) is 6.47. The zero-order chi connectivity index (χ0) is 24.7. The van der Waals surface area contributed by atoms with E-state index in [-0.39, 0.29) is 4.90 Å². The summed E-state index contributed by atoms with van der Waals surface area (Å²) in [7, 11) is -3.76. The van der Waals surface area contributed by atoms with Crippen LogP contribution in [-0.4, -0.2) is 18.4 Å². The van der Waals surface area contributed by atoms with E-state index in [2.05, 4.69) is 15.3 Å². The molecule has 0 saturated heterocycles. The summed E-state index contributed by atoms with van der Waals surface area (Å²) >= 11 is 15.0. The number of rotatable bonds is 6. The summed E-state index contributed by atoms with van der Waals surface area (Å²) < 4.78 is 28.8. The van der Waals surface area contributed by atoms with Crippen LogP contribution in [0.15, 0.2) is 69.3 Å². The molecule has 0 amide bonds. The zero-order valence-corrected chi connectivity index (χ0v) is 21.5. The molecule has 0 fully saturated rings. The van der Waals surface area contributed by atoms with Crippen molar-refractivity contribution < 1.29 is 12.8 Å². The Bertz CT molecular complexity index is 1640. The van der Waals surface area contributed by atoms with E-state index in [1.165, 1.54) is 34.8 Å². The average Bonchev–Trinajstić information content (AvgIpc) is 3.53. The Labute approximate surface area is 218 Å². The van der Waals surface area contributed by atoms with Gasteiger partial charge in [-0.15, -0.1) is 11.3 Å². The maximum absolute atomic E-state index is 11.4. The highest BCUT2D eigenvalue weighted by molar-refractivity contribution is 7.89. The summed E-state index contributed by atoms with van der Waals surface area (Å²) in [6.45, 7) is 0. The molecule has 0 bridgehead atoms. The number of hydrogen-bond donors (Lipinski definition) is 3. The molecule has 178 valence electrons. The molecule has 5 aromatic rings. The third-order valence-electron chi connectivity index (χ3n) is 4.84. The number of halogens is 2. The summed E-state index contributed by atoms with van der Waals surface area (Å²) in [5.41, 5.74) is 8.18. The Morgan fingerprint density at radius 3 is 2.43 bits per heavy atom. The third kappa shape index (κ3) is 5.06.